The van der Waals surface area contributed by atoms with Crippen molar-refractivity contribution in [1.82, 2.24) is 4.98 Å². The van der Waals surface area contributed by atoms with Crippen LogP contribution < -0.4 is 5.73 Å². The maximum absolute atomic E-state index is 6.12. The van der Waals surface area contributed by atoms with E-state index in [9.17, 15) is 0 Å². The Morgan fingerprint density at radius 1 is 1.38 bits per heavy atom. The lowest BCUT2D eigenvalue weighted by atomic mass is 10.0. The summed E-state index contributed by atoms with van der Waals surface area (Å²) in [5, 5.41) is 0. The van der Waals surface area contributed by atoms with Crippen LogP contribution in [0.4, 0.5) is 0 Å². The Kier molecular flexibility index (Phi) is 2.07. The van der Waals surface area contributed by atoms with Crippen molar-refractivity contribution < 1.29 is 4.42 Å². The second-order valence-electron chi connectivity index (χ2n) is 4.25. The third-order valence-corrected chi connectivity index (χ3v) is 3.10. The molecule has 1 aromatic carbocycles. The molecule has 1 heterocycles. The second kappa shape index (κ2) is 3.46. The molecular weight excluding hydrogens is 200 g/mol. The first-order valence-electron chi connectivity index (χ1n) is 5.57. The molecule has 0 saturated carbocycles. The van der Waals surface area contributed by atoms with Gasteiger partial charge in [-0.3, -0.25) is 0 Å². The van der Waals surface area contributed by atoms with E-state index < -0.39 is 0 Å². The summed E-state index contributed by atoms with van der Waals surface area (Å²) in [6, 6.07) is 8.28. The van der Waals surface area contributed by atoms with E-state index in [0.717, 1.165) is 29.9 Å². The number of benzene rings is 1. The van der Waals surface area contributed by atoms with E-state index in [4.69, 9.17) is 10.2 Å². The van der Waals surface area contributed by atoms with Gasteiger partial charge in [-0.1, -0.05) is 24.3 Å². The molecule has 16 heavy (non-hydrogen) atoms. The molecule has 0 spiro atoms. The number of nitrogens with zero attached hydrogens (tertiary/aromatic N) is 1. The van der Waals surface area contributed by atoms with Crippen LogP contribution in [-0.2, 0) is 6.42 Å². The minimum Gasteiger partial charge on any atom is -0.441 e. The van der Waals surface area contributed by atoms with E-state index in [1.54, 1.807) is 0 Å². The number of hydrogen-bond acceptors (Lipinski definition) is 3. The Balaban J connectivity index is 2.27. The van der Waals surface area contributed by atoms with Gasteiger partial charge in [0.05, 0.1) is 6.04 Å². The van der Waals surface area contributed by atoms with Crippen molar-refractivity contribution in [2.24, 2.45) is 5.73 Å². The summed E-state index contributed by atoms with van der Waals surface area (Å²) in [6.07, 6.45) is 1.91. The molecule has 1 atom stereocenters. The largest absolute Gasteiger partial charge is 0.441 e. The zero-order valence-electron chi connectivity index (χ0n) is 9.23. The summed E-state index contributed by atoms with van der Waals surface area (Å²) in [6.45, 7) is 1.87. The van der Waals surface area contributed by atoms with Crippen LogP contribution in [0.2, 0.25) is 0 Å². The first-order valence-corrected chi connectivity index (χ1v) is 5.57. The van der Waals surface area contributed by atoms with Gasteiger partial charge in [0.25, 0.3) is 0 Å². The fourth-order valence-electron chi connectivity index (χ4n) is 2.30. The van der Waals surface area contributed by atoms with Gasteiger partial charge in [-0.2, -0.15) is 0 Å². The summed E-state index contributed by atoms with van der Waals surface area (Å²) in [5.74, 6) is 1.55. The smallest absolute Gasteiger partial charge is 0.192 e. The monoisotopic (exact) mass is 214 g/mol. The molecule has 1 aliphatic carbocycles. The Labute approximate surface area is 94.3 Å². The summed E-state index contributed by atoms with van der Waals surface area (Å²) >= 11 is 0. The zero-order chi connectivity index (χ0) is 11.1. The van der Waals surface area contributed by atoms with E-state index in [0.29, 0.717) is 5.89 Å². The van der Waals surface area contributed by atoms with Crippen LogP contribution in [-0.4, -0.2) is 4.98 Å². The number of aryl methyl sites for hydroxylation is 2. The molecule has 1 aliphatic rings. The Hall–Kier alpha value is -1.61. The lowest BCUT2D eigenvalue weighted by molar-refractivity contribution is 0.533. The lowest BCUT2D eigenvalue weighted by Crippen LogP contribution is -2.10. The van der Waals surface area contributed by atoms with Gasteiger partial charge in [0.15, 0.2) is 11.7 Å². The Bertz CT molecular complexity index is 530. The summed E-state index contributed by atoms with van der Waals surface area (Å²) in [4.78, 5) is 4.40. The molecule has 2 N–H and O–H groups in total. The SMILES string of the molecule is Cc1nc2c(o1)-c1ccccc1CC[C@H]2N. The highest BCUT2D eigenvalue weighted by atomic mass is 16.4. The van der Waals surface area contributed by atoms with E-state index in [1.165, 1.54) is 5.56 Å². The first-order chi connectivity index (χ1) is 7.75. The standard InChI is InChI=1S/C13H14N2O/c1-8-15-12-11(14)7-6-9-4-2-3-5-10(9)13(12)16-8/h2-5,11H,6-7,14H2,1H3/t11-/m1/s1. The molecule has 3 rings (SSSR count). The molecule has 0 saturated heterocycles. The first kappa shape index (κ1) is 9.60. The van der Waals surface area contributed by atoms with E-state index in [2.05, 4.69) is 23.2 Å². The van der Waals surface area contributed by atoms with E-state index in [1.807, 2.05) is 13.0 Å². The highest BCUT2D eigenvalue weighted by molar-refractivity contribution is 5.66. The summed E-state index contributed by atoms with van der Waals surface area (Å²) < 4.78 is 5.69. The molecule has 3 heteroatoms. The lowest BCUT2D eigenvalue weighted by Gasteiger charge is -2.04. The molecule has 2 aromatic rings. The van der Waals surface area contributed by atoms with Crippen molar-refractivity contribution in [3.63, 3.8) is 0 Å². The summed E-state index contributed by atoms with van der Waals surface area (Å²) in [5.41, 5.74) is 9.47. The topological polar surface area (TPSA) is 52.0 Å². The molecular formula is C13H14N2O. The molecule has 1 aromatic heterocycles. The van der Waals surface area contributed by atoms with E-state index >= 15 is 0 Å². The van der Waals surface area contributed by atoms with Crippen molar-refractivity contribution in [1.29, 1.82) is 0 Å². The maximum Gasteiger partial charge on any atom is 0.192 e. The Morgan fingerprint density at radius 2 is 2.19 bits per heavy atom. The van der Waals surface area contributed by atoms with Crippen molar-refractivity contribution >= 4 is 0 Å². The fraction of sp³-hybridized carbons (Fsp3) is 0.308. The molecule has 0 aliphatic heterocycles. The zero-order valence-corrected chi connectivity index (χ0v) is 9.23. The molecule has 0 bridgehead atoms. The highest BCUT2D eigenvalue weighted by Crippen LogP contribution is 2.36. The van der Waals surface area contributed by atoms with E-state index in [-0.39, 0.29) is 6.04 Å². The average molecular weight is 214 g/mol. The third-order valence-electron chi connectivity index (χ3n) is 3.10. The van der Waals surface area contributed by atoms with Crippen LogP contribution in [0.25, 0.3) is 11.3 Å². The third kappa shape index (κ3) is 1.36. The second-order valence-corrected chi connectivity index (χ2v) is 4.25. The number of aromatic nitrogens is 1. The van der Waals surface area contributed by atoms with Gasteiger partial charge in [-0.15, -0.1) is 0 Å². The van der Waals surface area contributed by atoms with Gasteiger partial charge in [-0.05, 0) is 18.4 Å². The minimum atomic E-state index is -0.0140. The van der Waals surface area contributed by atoms with Crippen LogP contribution in [0.3, 0.4) is 0 Å². The van der Waals surface area contributed by atoms with Crippen molar-refractivity contribution in [2.75, 3.05) is 0 Å². The predicted molar refractivity (Wildman–Crippen MR) is 61.9 cm³/mol. The number of nitrogens with two attached hydrogens (primary N) is 1. The van der Waals surface area contributed by atoms with Crippen LogP contribution in [0, 0.1) is 6.92 Å². The number of fused-ring (bicyclic) bond motifs is 3. The molecule has 0 fully saturated rings. The fourth-order valence-corrected chi connectivity index (χ4v) is 2.30. The van der Waals surface area contributed by atoms with Gasteiger partial charge in [0.2, 0.25) is 0 Å². The summed E-state index contributed by atoms with van der Waals surface area (Å²) in [7, 11) is 0. The van der Waals surface area contributed by atoms with Gasteiger partial charge in [0, 0.05) is 12.5 Å². The minimum absolute atomic E-state index is 0.0140. The number of oxazole rings is 1. The van der Waals surface area contributed by atoms with Crippen molar-refractivity contribution in [3.8, 4) is 11.3 Å². The van der Waals surface area contributed by atoms with Crippen molar-refractivity contribution in [3.05, 3.63) is 41.4 Å². The van der Waals surface area contributed by atoms with Crippen LogP contribution >= 0.6 is 0 Å². The predicted octanol–water partition coefficient (Wildman–Crippen LogP) is 2.60. The van der Waals surface area contributed by atoms with Gasteiger partial charge < -0.3 is 10.2 Å². The van der Waals surface area contributed by atoms with Crippen LogP contribution in [0.1, 0.15) is 29.6 Å². The molecule has 0 amide bonds. The van der Waals surface area contributed by atoms with Crippen LogP contribution in [0.5, 0.6) is 0 Å². The van der Waals surface area contributed by atoms with Gasteiger partial charge >= 0.3 is 0 Å². The van der Waals surface area contributed by atoms with Gasteiger partial charge in [0.1, 0.15) is 5.69 Å². The molecule has 0 radical (unpaired) electrons. The molecule has 82 valence electrons. The van der Waals surface area contributed by atoms with Crippen molar-refractivity contribution in [2.45, 2.75) is 25.8 Å². The van der Waals surface area contributed by atoms with Gasteiger partial charge in [-0.25, -0.2) is 4.98 Å². The molecule has 3 nitrogen and oxygen atoms in total. The maximum atomic E-state index is 6.12. The molecule has 0 unspecified atom stereocenters. The number of rotatable bonds is 0. The quantitative estimate of drug-likeness (QED) is 0.733. The highest BCUT2D eigenvalue weighted by Gasteiger charge is 2.24. The number of hydrogen-bond donors (Lipinski definition) is 1. The average Bonchev–Trinajstić information content (AvgIpc) is 2.63. The normalized spacial score (nSPS) is 18.8. The van der Waals surface area contributed by atoms with Crippen LogP contribution in [0.15, 0.2) is 28.7 Å². The Morgan fingerprint density at radius 3 is 3.06 bits per heavy atom.